The molecule has 1 atom stereocenters. The fourth-order valence-electron chi connectivity index (χ4n) is 3.21. The Morgan fingerprint density at radius 2 is 1.96 bits per heavy atom. The van der Waals surface area contributed by atoms with Crippen LogP contribution in [0.15, 0.2) is 48.5 Å². The topological polar surface area (TPSA) is 53.6 Å². The summed E-state index contributed by atoms with van der Waals surface area (Å²) in [6.45, 7) is 2.82. The average Bonchev–Trinajstić information content (AvgIpc) is 3.14. The van der Waals surface area contributed by atoms with Crippen molar-refractivity contribution in [3.05, 3.63) is 59.9 Å². The van der Waals surface area contributed by atoms with Crippen LogP contribution in [0.2, 0.25) is 0 Å². The first-order chi connectivity index (χ1) is 12.7. The number of anilines is 1. The van der Waals surface area contributed by atoms with Gasteiger partial charge in [0.05, 0.1) is 7.11 Å². The van der Waals surface area contributed by atoms with E-state index in [4.69, 9.17) is 4.74 Å². The second kappa shape index (κ2) is 8.56. The number of carbonyl (C=O) groups excluding carboxylic acids is 1. The molecular weight excluding hydrogens is 333 g/mol. The van der Waals surface area contributed by atoms with E-state index < -0.39 is 0 Å². The van der Waals surface area contributed by atoms with E-state index in [-0.39, 0.29) is 11.8 Å². The highest BCUT2D eigenvalue weighted by atomic mass is 19.1. The predicted molar refractivity (Wildman–Crippen MR) is 100.0 cm³/mol. The van der Waals surface area contributed by atoms with Gasteiger partial charge in [-0.25, -0.2) is 9.18 Å². The highest BCUT2D eigenvalue weighted by Crippen LogP contribution is 2.23. The third kappa shape index (κ3) is 4.65. The predicted octanol–water partition coefficient (Wildman–Crippen LogP) is 3.16. The lowest BCUT2D eigenvalue weighted by Crippen LogP contribution is -2.38. The van der Waals surface area contributed by atoms with Crippen molar-refractivity contribution < 1.29 is 13.9 Å². The standard InChI is InChI=1S/C20H24FN3O2/c1-26-19-5-3-2-4-16(19)13-23-20(25)22-12-15-10-11-24(14-15)18-8-6-17(21)7-9-18/h2-9,15H,10-14H2,1H3,(H2,22,23,25). The van der Waals surface area contributed by atoms with Gasteiger partial charge < -0.3 is 20.3 Å². The number of urea groups is 1. The van der Waals surface area contributed by atoms with Crippen LogP contribution in [-0.4, -0.2) is 32.8 Å². The van der Waals surface area contributed by atoms with Crippen LogP contribution in [0.3, 0.4) is 0 Å². The molecule has 1 aliphatic heterocycles. The molecule has 2 aromatic carbocycles. The minimum atomic E-state index is -0.224. The normalized spacial score (nSPS) is 16.4. The molecule has 0 bridgehead atoms. The van der Waals surface area contributed by atoms with Gasteiger partial charge in [0.15, 0.2) is 0 Å². The number of ether oxygens (including phenoxy) is 1. The molecule has 138 valence electrons. The van der Waals surface area contributed by atoms with Gasteiger partial charge >= 0.3 is 6.03 Å². The maximum Gasteiger partial charge on any atom is 0.315 e. The Morgan fingerprint density at radius 3 is 2.73 bits per heavy atom. The molecule has 1 unspecified atom stereocenters. The number of carbonyl (C=O) groups is 1. The fourth-order valence-corrected chi connectivity index (χ4v) is 3.21. The number of nitrogens with one attached hydrogen (secondary N) is 2. The third-order valence-electron chi connectivity index (χ3n) is 4.66. The van der Waals surface area contributed by atoms with Crippen molar-refractivity contribution in [2.45, 2.75) is 13.0 Å². The zero-order valence-corrected chi connectivity index (χ0v) is 14.9. The van der Waals surface area contributed by atoms with Crippen LogP contribution in [0.5, 0.6) is 5.75 Å². The van der Waals surface area contributed by atoms with E-state index in [1.54, 1.807) is 19.2 Å². The van der Waals surface area contributed by atoms with Gasteiger partial charge in [-0.1, -0.05) is 18.2 Å². The minimum absolute atomic E-state index is 0.184. The molecule has 3 rings (SSSR count). The van der Waals surface area contributed by atoms with Gasteiger partial charge in [0.1, 0.15) is 11.6 Å². The summed E-state index contributed by atoms with van der Waals surface area (Å²) in [7, 11) is 1.62. The lowest BCUT2D eigenvalue weighted by molar-refractivity contribution is 0.238. The number of methoxy groups -OCH3 is 1. The molecule has 1 fully saturated rings. The molecule has 1 aliphatic rings. The second-order valence-corrected chi connectivity index (χ2v) is 6.45. The number of nitrogens with zero attached hydrogens (tertiary/aromatic N) is 1. The molecule has 2 amide bonds. The van der Waals surface area contributed by atoms with Gasteiger partial charge in [-0.05, 0) is 42.7 Å². The number of benzene rings is 2. The molecule has 0 radical (unpaired) electrons. The summed E-state index contributed by atoms with van der Waals surface area (Å²) in [5.41, 5.74) is 1.96. The maximum atomic E-state index is 13.0. The first kappa shape index (κ1) is 18.0. The quantitative estimate of drug-likeness (QED) is 0.835. The molecule has 2 N–H and O–H groups in total. The fraction of sp³-hybridized carbons (Fsp3) is 0.350. The molecule has 0 saturated carbocycles. The van der Waals surface area contributed by atoms with Crippen molar-refractivity contribution in [1.29, 1.82) is 0 Å². The number of hydrogen-bond acceptors (Lipinski definition) is 3. The van der Waals surface area contributed by atoms with E-state index >= 15 is 0 Å². The maximum absolute atomic E-state index is 13.0. The Kier molecular flexibility index (Phi) is 5.94. The van der Waals surface area contributed by atoms with Crippen molar-refractivity contribution in [3.63, 3.8) is 0 Å². The van der Waals surface area contributed by atoms with Crippen molar-refractivity contribution in [2.24, 2.45) is 5.92 Å². The highest BCUT2D eigenvalue weighted by molar-refractivity contribution is 5.73. The van der Waals surface area contributed by atoms with Crippen molar-refractivity contribution >= 4 is 11.7 Å². The molecule has 6 heteroatoms. The summed E-state index contributed by atoms with van der Waals surface area (Å²) in [5, 5.41) is 5.80. The largest absolute Gasteiger partial charge is 0.496 e. The zero-order valence-electron chi connectivity index (χ0n) is 14.9. The summed E-state index contributed by atoms with van der Waals surface area (Å²) >= 11 is 0. The first-order valence-electron chi connectivity index (χ1n) is 8.80. The number of hydrogen-bond donors (Lipinski definition) is 2. The number of amides is 2. The van der Waals surface area contributed by atoms with Gasteiger partial charge in [-0.2, -0.15) is 0 Å². The van der Waals surface area contributed by atoms with Crippen molar-refractivity contribution in [3.8, 4) is 5.75 Å². The molecule has 0 aromatic heterocycles. The second-order valence-electron chi connectivity index (χ2n) is 6.45. The molecule has 0 aliphatic carbocycles. The molecule has 1 heterocycles. The van der Waals surface area contributed by atoms with Crippen LogP contribution < -0.4 is 20.3 Å². The number of rotatable bonds is 6. The first-order valence-corrected chi connectivity index (χ1v) is 8.80. The summed E-state index contributed by atoms with van der Waals surface area (Å²) in [4.78, 5) is 14.3. The lowest BCUT2D eigenvalue weighted by Gasteiger charge is -2.19. The van der Waals surface area contributed by atoms with Gasteiger partial charge in [-0.15, -0.1) is 0 Å². The van der Waals surface area contributed by atoms with E-state index in [1.165, 1.54) is 12.1 Å². The van der Waals surface area contributed by atoms with Gasteiger partial charge in [-0.3, -0.25) is 0 Å². The van der Waals surface area contributed by atoms with E-state index in [0.717, 1.165) is 36.5 Å². The Hall–Kier alpha value is -2.76. The van der Waals surface area contributed by atoms with E-state index in [2.05, 4.69) is 15.5 Å². The molecule has 26 heavy (non-hydrogen) atoms. The molecular formula is C20H24FN3O2. The SMILES string of the molecule is COc1ccccc1CNC(=O)NCC1CCN(c2ccc(F)cc2)C1. The minimum Gasteiger partial charge on any atom is -0.496 e. The van der Waals surface area contributed by atoms with Crippen LogP contribution in [0.1, 0.15) is 12.0 Å². The lowest BCUT2D eigenvalue weighted by atomic mass is 10.1. The monoisotopic (exact) mass is 357 g/mol. The van der Waals surface area contributed by atoms with Crippen molar-refractivity contribution in [2.75, 3.05) is 31.6 Å². The Balaban J connectivity index is 1.41. The van der Waals surface area contributed by atoms with Crippen LogP contribution in [0.25, 0.3) is 0 Å². The van der Waals surface area contributed by atoms with Crippen LogP contribution >= 0.6 is 0 Å². The van der Waals surface area contributed by atoms with E-state index in [9.17, 15) is 9.18 Å². The van der Waals surface area contributed by atoms with Crippen LogP contribution in [-0.2, 0) is 6.54 Å². The zero-order chi connectivity index (χ0) is 18.4. The van der Waals surface area contributed by atoms with Gasteiger partial charge in [0.2, 0.25) is 0 Å². The number of para-hydroxylation sites is 1. The summed E-state index contributed by atoms with van der Waals surface area (Å²) in [5.74, 6) is 0.925. The van der Waals surface area contributed by atoms with Crippen LogP contribution in [0.4, 0.5) is 14.9 Å². The Bertz CT molecular complexity index is 736. The van der Waals surface area contributed by atoms with Gasteiger partial charge in [0.25, 0.3) is 0 Å². The molecule has 2 aromatic rings. The summed E-state index contributed by atoms with van der Waals surface area (Å²) < 4.78 is 18.3. The van der Waals surface area contributed by atoms with Crippen molar-refractivity contribution in [1.82, 2.24) is 10.6 Å². The average molecular weight is 357 g/mol. The van der Waals surface area contributed by atoms with E-state index in [1.807, 2.05) is 24.3 Å². The number of halogens is 1. The van der Waals surface area contributed by atoms with E-state index in [0.29, 0.717) is 19.0 Å². The summed E-state index contributed by atoms with van der Waals surface area (Å²) in [6.07, 6.45) is 1.00. The molecule has 5 nitrogen and oxygen atoms in total. The third-order valence-corrected chi connectivity index (χ3v) is 4.66. The van der Waals surface area contributed by atoms with Crippen LogP contribution in [0, 0.1) is 11.7 Å². The Labute approximate surface area is 153 Å². The molecule has 1 saturated heterocycles. The molecule has 0 spiro atoms. The smallest absolute Gasteiger partial charge is 0.315 e. The summed E-state index contributed by atoms with van der Waals surface area (Å²) in [6, 6.07) is 14.0. The highest BCUT2D eigenvalue weighted by Gasteiger charge is 2.23. The van der Waals surface area contributed by atoms with Gasteiger partial charge in [0, 0.05) is 37.4 Å². The Morgan fingerprint density at radius 1 is 1.19 bits per heavy atom.